The molecule has 2 aromatic rings. The van der Waals surface area contributed by atoms with E-state index in [-0.39, 0.29) is 19.5 Å². The third-order valence-corrected chi connectivity index (χ3v) is 2.71. The van der Waals surface area contributed by atoms with Crippen molar-refractivity contribution in [3.63, 3.8) is 0 Å². The van der Waals surface area contributed by atoms with Crippen LogP contribution >= 0.6 is 0 Å². The molecule has 0 N–H and O–H groups in total. The molecule has 0 aliphatic heterocycles. The third kappa shape index (κ3) is 5.98. The molecule has 0 fully saturated rings. The van der Waals surface area contributed by atoms with Crippen molar-refractivity contribution in [3.8, 4) is 0 Å². The first kappa shape index (κ1) is 16.3. The smallest absolute Gasteiger partial charge is 0.213 e. The summed E-state index contributed by atoms with van der Waals surface area (Å²) in [5, 5.41) is 0. The van der Waals surface area contributed by atoms with Gasteiger partial charge in [0.05, 0.1) is 0 Å². The molecule has 0 aromatic heterocycles. The van der Waals surface area contributed by atoms with Crippen LogP contribution in [0.15, 0.2) is 48.5 Å². The molecule has 0 saturated carbocycles. The molecule has 0 heterocycles. The monoisotopic (exact) mass is 317 g/mol. The van der Waals surface area contributed by atoms with Gasteiger partial charge in [-0.15, -0.1) is 0 Å². The second-order valence-corrected chi connectivity index (χ2v) is 4.75. The molecule has 0 amide bonds. The van der Waals surface area contributed by atoms with E-state index in [4.69, 9.17) is 0 Å². The van der Waals surface area contributed by atoms with Gasteiger partial charge >= 0.3 is 19.5 Å². The van der Waals surface area contributed by atoms with Crippen LogP contribution in [0.3, 0.4) is 0 Å². The second-order valence-electron chi connectivity index (χ2n) is 4.75. The van der Waals surface area contributed by atoms with Gasteiger partial charge in [-0.05, 0) is 0 Å². The molecule has 0 aliphatic carbocycles. The van der Waals surface area contributed by atoms with Gasteiger partial charge < -0.3 is 0 Å². The summed E-state index contributed by atoms with van der Waals surface area (Å²) in [4.78, 5) is 0. The molecule has 0 bridgehead atoms. The molecule has 2 aromatic carbocycles. The second kappa shape index (κ2) is 8.42. The Morgan fingerprint density at radius 3 is 0.941 bits per heavy atom. The van der Waals surface area contributed by atoms with E-state index >= 15 is 0 Å². The van der Waals surface area contributed by atoms with E-state index in [0.29, 0.717) is 11.8 Å². The zero-order valence-corrected chi connectivity index (χ0v) is 12.7. The molecule has 1 radical (unpaired) electrons. The summed E-state index contributed by atoms with van der Waals surface area (Å²) in [6, 6.07) is 16.9. The predicted molar refractivity (Wildman–Crippen MR) is 72.2 cm³/mol. The Morgan fingerprint density at radius 1 is 0.588 bits per heavy atom. The molecule has 0 nitrogen and oxygen atoms in total. The van der Waals surface area contributed by atoms with Crippen molar-refractivity contribution in [2.45, 2.75) is 39.5 Å². The predicted octanol–water partition coefficient (Wildman–Crippen LogP) is 5.06. The van der Waals surface area contributed by atoms with E-state index in [1.165, 1.54) is 11.1 Å². The summed E-state index contributed by atoms with van der Waals surface area (Å²) >= 11 is 0. The van der Waals surface area contributed by atoms with Gasteiger partial charge in [0.25, 0.3) is 0 Å². The SMILES string of the molecule is CC(C)[c-]1cccc1.CC(C)[c-]1cccc1.[Rh+2]. The van der Waals surface area contributed by atoms with Crippen LogP contribution in [0.25, 0.3) is 0 Å². The maximum absolute atomic E-state index is 2.20. The van der Waals surface area contributed by atoms with Gasteiger partial charge in [0.2, 0.25) is 0 Å². The van der Waals surface area contributed by atoms with E-state index in [1.54, 1.807) is 0 Å². The average Bonchev–Trinajstić information content (AvgIpc) is 2.93. The minimum Gasteiger partial charge on any atom is -0.213 e. The summed E-state index contributed by atoms with van der Waals surface area (Å²) in [5.41, 5.74) is 2.87. The molecule has 95 valence electrons. The zero-order valence-electron chi connectivity index (χ0n) is 11.1. The maximum atomic E-state index is 2.20. The van der Waals surface area contributed by atoms with Gasteiger partial charge in [0.15, 0.2) is 0 Å². The fourth-order valence-corrected chi connectivity index (χ4v) is 1.55. The molecule has 0 atom stereocenters. The van der Waals surface area contributed by atoms with Gasteiger partial charge in [0.1, 0.15) is 0 Å². The molecule has 17 heavy (non-hydrogen) atoms. The van der Waals surface area contributed by atoms with Crippen LogP contribution in [0, 0.1) is 0 Å². The summed E-state index contributed by atoms with van der Waals surface area (Å²) in [6.45, 7) is 8.81. The van der Waals surface area contributed by atoms with Crippen LogP contribution in [0.5, 0.6) is 0 Å². The number of hydrogen-bond donors (Lipinski definition) is 0. The molecule has 0 spiro atoms. The van der Waals surface area contributed by atoms with Crippen LogP contribution in [-0.2, 0) is 19.5 Å². The zero-order chi connectivity index (χ0) is 12.0. The van der Waals surface area contributed by atoms with Gasteiger partial charge in [0, 0.05) is 0 Å². The Balaban J connectivity index is 0.000000284. The normalized spacial score (nSPS) is 9.76. The van der Waals surface area contributed by atoms with E-state index < -0.39 is 0 Å². The Morgan fingerprint density at radius 2 is 0.824 bits per heavy atom. The van der Waals surface area contributed by atoms with Gasteiger partial charge in [-0.25, -0.2) is 24.3 Å². The Kier molecular flexibility index (Phi) is 8.08. The first-order valence-electron chi connectivity index (χ1n) is 6.04. The van der Waals surface area contributed by atoms with Crippen molar-refractivity contribution in [3.05, 3.63) is 59.7 Å². The van der Waals surface area contributed by atoms with Crippen molar-refractivity contribution >= 4 is 0 Å². The van der Waals surface area contributed by atoms with E-state index in [9.17, 15) is 0 Å². The van der Waals surface area contributed by atoms with Crippen molar-refractivity contribution in [1.29, 1.82) is 0 Å². The van der Waals surface area contributed by atoms with Gasteiger partial charge in [-0.3, -0.25) is 0 Å². The summed E-state index contributed by atoms with van der Waals surface area (Å²) in [7, 11) is 0. The van der Waals surface area contributed by atoms with Gasteiger partial charge in [-0.1, -0.05) is 39.5 Å². The van der Waals surface area contributed by atoms with Crippen LogP contribution in [-0.4, -0.2) is 0 Å². The van der Waals surface area contributed by atoms with Crippen molar-refractivity contribution in [2.24, 2.45) is 0 Å². The van der Waals surface area contributed by atoms with E-state index in [1.807, 2.05) is 0 Å². The van der Waals surface area contributed by atoms with E-state index in [2.05, 4.69) is 76.2 Å². The summed E-state index contributed by atoms with van der Waals surface area (Å²) in [5.74, 6) is 1.37. The van der Waals surface area contributed by atoms with Crippen LogP contribution in [0.4, 0.5) is 0 Å². The Hall–Kier alpha value is -0.677. The molecule has 1 heteroatoms. The quantitative estimate of drug-likeness (QED) is 0.537. The van der Waals surface area contributed by atoms with Crippen LogP contribution in [0.1, 0.15) is 50.7 Å². The molecule has 0 saturated heterocycles. The first-order valence-corrected chi connectivity index (χ1v) is 6.04. The largest absolute Gasteiger partial charge is 2.00 e. The van der Waals surface area contributed by atoms with Gasteiger partial charge in [-0.2, -0.15) is 35.4 Å². The fourth-order valence-electron chi connectivity index (χ4n) is 1.55. The summed E-state index contributed by atoms with van der Waals surface area (Å²) in [6.07, 6.45) is 0. The van der Waals surface area contributed by atoms with Crippen LogP contribution < -0.4 is 0 Å². The minimum atomic E-state index is 0. The minimum absolute atomic E-state index is 0. The average molecular weight is 317 g/mol. The van der Waals surface area contributed by atoms with Crippen molar-refractivity contribution in [1.82, 2.24) is 0 Å². The molecule has 2 rings (SSSR count). The topological polar surface area (TPSA) is 0 Å². The standard InChI is InChI=1S/2C8H11.Rh/c2*1-7(2)8-5-3-4-6-8;/h2*3-7H,1-2H3;/q2*-1;+2. The Labute approximate surface area is 119 Å². The fraction of sp³-hybridized carbons (Fsp3) is 0.375. The third-order valence-electron chi connectivity index (χ3n) is 2.71. The van der Waals surface area contributed by atoms with E-state index in [0.717, 1.165) is 0 Å². The summed E-state index contributed by atoms with van der Waals surface area (Å²) < 4.78 is 0. The molecule has 0 unspecified atom stereocenters. The molecular weight excluding hydrogens is 295 g/mol. The Bertz CT molecular complexity index is 314. The maximum Gasteiger partial charge on any atom is 2.00 e. The van der Waals surface area contributed by atoms with Crippen LogP contribution in [0.2, 0.25) is 0 Å². The first-order chi connectivity index (χ1) is 7.61. The molecular formula is C16H22Rh. The number of rotatable bonds is 2. The van der Waals surface area contributed by atoms with Crippen molar-refractivity contribution < 1.29 is 19.5 Å². The van der Waals surface area contributed by atoms with Crippen molar-refractivity contribution in [2.75, 3.05) is 0 Å². The number of hydrogen-bond acceptors (Lipinski definition) is 0. The molecule has 0 aliphatic rings.